The van der Waals surface area contributed by atoms with E-state index in [-0.39, 0.29) is 0 Å². The fourth-order valence-electron chi connectivity index (χ4n) is 0.158. The highest BCUT2D eigenvalue weighted by molar-refractivity contribution is 5.81. The van der Waals surface area contributed by atoms with Crippen molar-refractivity contribution in [2.24, 2.45) is 4.99 Å². The Bertz CT molecular complexity index is 146. The second-order valence-electron chi connectivity index (χ2n) is 2.94. The zero-order chi connectivity index (χ0) is 10.1. The Morgan fingerprint density at radius 1 is 1.33 bits per heavy atom. The SMILES string of the molecule is C=C(C)N(C)C.CCC(C)=NC. The zero-order valence-electron chi connectivity index (χ0n) is 9.31. The number of nitrogens with zero attached hydrogens (tertiary/aromatic N) is 2. The average Bonchev–Trinajstić information content (AvgIpc) is 2.04. The van der Waals surface area contributed by atoms with Crippen molar-refractivity contribution >= 4 is 5.71 Å². The van der Waals surface area contributed by atoms with Crippen molar-refractivity contribution in [3.8, 4) is 0 Å². The Balaban J connectivity index is 0. The van der Waals surface area contributed by atoms with E-state index in [0.29, 0.717) is 0 Å². The van der Waals surface area contributed by atoms with E-state index in [1.54, 1.807) is 0 Å². The number of hydrogen-bond donors (Lipinski definition) is 0. The number of allylic oxidation sites excluding steroid dienone is 1. The third-order valence-electron chi connectivity index (χ3n) is 1.66. The van der Waals surface area contributed by atoms with Gasteiger partial charge in [0.1, 0.15) is 0 Å². The van der Waals surface area contributed by atoms with Gasteiger partial charge in [-0.1, -0.05) is 13.5 Å². The molecule has 0 aromatic rings. The minimum atomic E-state index is 1.08. The molecule has 2 nitrogen and oxygen atoms in total. The Morgan fingerprint density at radius 3 is 1.67 bits per heavy atom. The normalized spacial score (nSPS) is 10.0. The van der Waals surface area contributed by atoms with Gasteiger partial charge in [0.05, 0.1) is 0 Å². The fraction of sp³-hybridized carbons (Fsp3) is 0.700. The molecule has 0 saturated heterocycles. The molecule has 0 aliphatic rings. The van der Waals surface area contributed by atoms with Crippen LogP contribution in [0.1, 0.15) is 27.2 Å². The van der Waals surface area contributed by atoms with Gasteiger partial charge in [-0.05, 0) is 20.3 Å². The highest BCUT2D eigenvalue weighted by atomic mass is 15.1. The van der Waals surface area contributed by atoms with Gasteiger partial charge in [-0.15, -0.1) is 0 Å². The van der Waals surface area contributed by atoms with Gasteiger partial charge >= 0.3 is 0 Å². The van der Waals surface area contributed by atoms with Gasteiger partial charge in [-0.2, -0.15) is 0 Å². The summed E-state index contributed by atoms with van der Waals surface area (Å²) in [6.45, 7) is 9.78. The van der Waals surface area contributed by atoms with Crippen LogP contribution in [0, 0.1) is 0 Å². The fourth-order valence-corrected chi connectivity index (χ4v) is 0.158. The van der Waals surface area contributed by atoms with Crippen LogP contribution in [0.25, 0.3) is 0 Å². The van der Waals surface area contributed by atoms with E-state index in [0.717, 1.165) is 12.1 Å². The molecular weight excluding hydrogens is 148 g/mol. The molecule has 0 amide bonds. The van der Waals surface area contributed by atoms with Gasteiger partial charge in [0.25, 0.3) is 0 Å². The predicted molar refractivity (Wildman–Crippen MR) is 57.8 cm³/mol. The second kappa shape index (κ2) is 8.31. The molecular formula is C10H22N2. The van der Waals surface area contributed by atoms with Crippen LogP contribution in [0.2, 0.25) is 0 Å². The largest absolute Gasteiger partial charge is 0.382 e. The van der Waals surface area contributed by atoms with Gasteiger partial charge in [0.2, 0.25) is 0 Å². The van der Waals surface area contributed by atoms with Crippen LogP contribution in [0.4, 0.5) is 0 Å². The minimum Gasteiger partial charge on any atom is -0.382 e. The molecule has 0 saturated carbocycles. The van der Waals surface area contributed by atoms with E-state index in [4.69, 9.17) is 0 Å². The monoisotopic (exact) mass is 170 g/mol. The molecule has 2 heteroatoms. The molecule has 12 heavy (non-hydrogen) atoms. The lowest BCUT2D eigenvalue weighted by atomic mass is 10.3. The van der Waals surface area contributed by atoms with Crippen LogP contribution in [-0.4, -0.2) is 31.8 Å². The van der Waals surface area contributed by atoms with Gasteiger partial charge in [0, 0.05) is 32.6 Å². The Morgan fingerprint density at radius 2 is 1.67 bits per heavy atom. The van der Waals surface area contributed by atoms with Crippen molar-refractivity contribution < 1.29 is 0 Å². The van der Waals surface area contributed by atoms with Crippen LogP contribution in [0.5, 0.6) is 0 Å². The minimum absolute atomic E-state index is 1.08. The maximum atomic E-state index is 3.92. The Hall–Kier alpha value is -0.790. The van der Waals surface area contributed by atoms with Crippen LogP contribution >= 0.6 is 0 Å². The number of hydrogen-bond acceptors (Lipinski definition) is 2. The molecule has 0 unspecified atom stereocenters. The van der Waals surface area contributed by atoms with E-state index >= 15 is 0 Å². The van der Waals surface area contributed by atoms with Gasteiger partial charge in [0.15, 0.2) is 0 Å². The van der Waals surface area contributed by atoms with Crippen molar-refractivity contribution in [3.63, 3.8) is 0 Å². The smallest absolute Gasteiger partial charge is 0.0276 e. The number of rotatable bonds is 2. The van der Waals surface area contributed by atoms with Crippen molar-refractivity contribution in [2.45, 2.75) is 27.2 Å². The van der Waals surface area contributed by atoms with Gasteiger partial charge in [-0.3, -0.25) is 4.99 Å². The summed E-state index contributed by atoms with van der Waals surface area (Å²) in [5, 5.41) is 0. The average molecular weight is 170 g/mol. The molecule has 0 aliphatic carbocycles. The summed E-state index contributed by atoms with van der Waals surface area (Å²) in [6.07, 6.45) is 1.08. The third kappa shape index (κ3) is 11.9. The van der Waals surface area contributed by atoms with E-state index in [1.807, 2.05) is 39.9 Å². The molecule has 0 heterocycles. The van der Waals surface area contributed by atoms with Crippen LogP contribution in [0.15, 0.2) is 17.3 Å². The summed E-state index contributed by atoms with van der Waals surface area (Å²) in [5.74, 6) is 0. The topological polar surface area (TPSA) is 15.6 Å². The second-order valence-corrected chi connectivity index (χ2v) is 2.94. The van der Waals surface area contributed by atoms with Gasteiger partial charge < -0.3 is 4.90 Å². The molecule has 0 bridgehead atoms. The molecule has 72 valence electrons. The molecule has 0 fully saturated rings. The van der Waals surface area contributed by atoms with E-state index < -0.39 is 0 Å². The van der Waals surface area contributed by atoms with Crippen molar-refractivity contribution in [1.82, 2.24) is 4.90 Å². The molecule has 0 spiro atoms. The lowest BCUT2D eigenvalue weighted by molar-refractivity contribution is 0.516. The summed E-state index contributed by atoms with van der Waals surface area (Å²) >= 11 is 0. The Labute approximate surface area is 77.0 Å². The maximum Gasteiger partial charge on any atom is 0.0276 e. The molecule has 0 aliphatic heterocycles. The molecule has 0 N–H and O–H groups in total. The summed E-state index contributed by atoms with van der Waals surface area (Å²) in [5.41, 5.74) is 2.31. The van der Waals surface area contributed by atoms with Crippen LogP contribution in [0.3, 0.4) is 0 Å². The van der Waals surface area contributed by atoms with E-state index in [2.05, 4.69) is 18.5 Å². The maximum absolute atomic E-state index is 3.92. The van der Waals surface area contributed by atoms with E-state index in [1.165, 1.54) is 5.71 Å². The lowest BCUT2D eigenvalue weighted by Crippen LogP contribution is -2.05. The van der Waals surface area contributed by atoms with Crippen molar-refractivity contribution in [3.05, 3.63) is 12.3 Å². The standard InChI is InChI=1S/2C5H11N/c1-5(2)6(3)4;1-4-5(2)6-3/h1H2,2-4H3;4H2,1-3H3. The van der Waals surface area contributed by atoms with E-state index in [9.17, 15) is 0 Å². The van der Waals surface area contributed by atoms with Gasteiger partial charge in [-0.25, -0.2) is 0 Å². The molecule has 0 aromatic heterocycles. The summed E-state index contributed by atoms with van der Waals surface area (Å²) in [6, 6.07) is 0. The van der Waals surface area contributed by atoms with Crippen LogP contribution < -0.4 is 0 Å². The highest BCUT2D eigenvalue weighted by Gasteiger charge is 1.79. The first-order valence-corrected chi connectivity index (χ1v) is 4.20. The quantitative estimate of drug-likeness (QED) is 0.582. The lowest BCUT2D eigenvalue weighted by Gasteiger charge is -2.08. The first kappa shape index (κ1) is 13.8. The number of aliphatic imine (C=N–C) groups is 1. The zero-order valence-corrected chi connectivity index (χ0v) is 9.31. The van der Waals surface area contributed by atoms with Crippen LogP contribution in [-0.2, 0) is 0 Å². The van der Waals surface area contributed by atoms with Crippen molar-refractivity contribution in [1.29, 1.82) is 0 Å². The molecule has 0 radical (unpaired) electrons. The molecule has 0 rings (SSSR count). The van der Waals surface area contributed by atoms with Crippen molar-refractivity contribution in [2.75, 3.05) is 21.1 Å². The molecule has 0 aromatic carbocycles. The predicted octanol–water partition coefficient (Wildman–Crippen LogP) is 2.57. The summed E-state index contributed by atoms with van der Waals surface area (Å²) in [4.78, 5) is 5.90. The molecule has 0 atom stereocenters. The first-order valence-electron chi connectivity index (χ1n) is 4.20. The Kier molecular flexibility index (Phi) is 9.54. The first-order chi connectivity index (χ1) is 5.45. The third-order valence-corrected chi connectivity index (χ3v) is 1.66. The highest BCUT2D eigenvalue weighted by Crippen LogP contribution is 1.86. The summed E-state index contributed by atoms with van der Waals surface area (Å²) < 4.78 is 0. The summed E-state index contributed by atoms with van der Waals surface area (Å²) in [7, 11) is 5.77.